The van der Waals surface area contributed by atoms with Crippen molar-refractivity contribution >= 4 is 19.9 Å². The standard InChI is InChI=1S/C29H40N4O6Si/c1-18-27(38-3)22-15-21(30-29(36)19(2)35)11-12-25(22)39-28(18)26(40(4,5)37)13-14-33-16-24(31-32-33)23(17-34)20-9-7-6-8-10-20/h6-12,15-16,18-19,23,26-28,34-35,37H,13-14,17H2,1-5H3,(H,30,36)/t18-,19-,23?,26?,27-,28-/m0/s1. The van der Waals surface area contributed by atoms with Crippen molar-refractivity contribution in [2.24, 2.45) is 5.92 Å². The Morgan fingerprint density at radius 2 is 1.95 bits per heavy atom. The van der Waals surface area contributed by atoms with E-state index in [2.05, 4.69) is 22.6 Å². The van der Waals surface area contributed by atoms with Gasteiger partial charge in [0.05, 0.1) is 24.3 Å². The number of ether oxygens (including phenoxy) is 2. The van der Waals surface area contributed by atoms with Crippen molar-refractivity contribution in [3.05, 3.63) is 71.5 Å². The van der Waals surface area contributed by atoms with Crippen LogP contribution in [0.4, 0.5) is 5.69 Å². The number of aliphatic hydroxyl groups excluding tert-OH is 2. The van der Waals surface area contributed by atoms with Crippen LogP contribution in [0.15, 0.2) is 54.7 Å². The first-order valence-electron chi connectivity index (χ1n) is 13.6. The van der Waals surface area contributed by atoms with Gasteiger partial charge in [0.1, 0.15) is 18.0 Å². The van der Waals surface area contributed by atoms with Crippen LogP contribution in [0, 0.1) is 5.92 Å². The van der Waals surface area contributed by atoms with Gasteiger partial charge in [0.25, 0.3) is 5.91 Å². The number of rotatable bonds is 11. The van der Waals surface area contributed by atoms with Crippen LogP contribution in [0.3, 0.4) is 0 Å². The molecule has 10 nitrogen and oxygen atoms in total. The summed E-state index contributed by atoms with van der Waals surface area (Å²) >= 11 is 0. The first-order valence-corrected chi connectivity index (χ1v) is 16.7. The smallest absolute Gasteiger partial charge is 0.252 e. The molecule has 11 heteroatoms. The summed E-state index contributed by atoms with van der Waals surface area (Å²) in [4.78, 5) is 23.4. The number of aliphatic hydroxyl groups is 2. The maximum Gasteiger partial charge on any atom is 0.252 e. The van der Waals surface area contributed by atoms with E-state index in [0.29, 0.717) is 30.1 Å². The fourth-order valence-corrected chi connectivity index (χ4v) is 7.54. The third-order valence-electron chi connectivity index (χ3n) is 7.75. The number of hydrogen-bond donors (Lipinski definition) is 4. The Labute approximate surface area is 236 Å². The number of aromatic nitrogens is 3. The van der Waals surface area contributed by atoms with Gasteiger partial charge < -0.3 is 29.8 Å². The van der Waals surface area contributed by atoms with E-state index in [9.17, 15) is 19.8 Å². The van der Waals surface area contributed by atoms with Crippen LogP contribution >= 0.6 is 0 Å². The zero-order valence-corrected chi connectivity index (χ0v) is 24.7. The van der Waals surface area contributed by atoms with Crippen molar-refractivity contribution in [3.8, 4) is 5.75 Å². The van der Waals surface area contributed by atoms with Gasteiger partial charge in [0.2, 0.25) is 0 Å². The van der Waals surface area contributed by atoms with Crippen molar-refractivity contribution in [2.75, 3.05) is 19.0 Å². The van der Waals surface area contributed by atoms with Crippen LogP contribution in [0.2, 0.25) is 18.6 Å². The monoisotopic (exact) mass is 568 g/mol. The second-order valence-electron chi connectivity index (χ2n) is 11.1. The lowest BCUT2D eigenvalue weighted by molar-refractivity contribution is -0.123. The highest BCUT2D eigenvalue weighted by molar-refractivity contribution is 6.71. The van der Waals surface area contributed by atoms with Crippen LogP contribution < -0.4 is 10.1 Å². The fraction of sp³-hybridized carbons (Fsp3) is 0.483. The molecular formula is C29H40N4O6Si. The molecule has 0 saturated heterocycles. The molecule has 0 fully saturated rings. The molecular weight excluding hydrogens is 528 g/mol. The first kappa shape index (κ1) is 29.9. The molecule has 4 N–H and O–H groups in total. The average molecular weight is 569 g/mol. The number of fused-ring (bicyclic) bond motifs is 1. The lowest BCUT2D eigenvalue weighted by Crippen LogP contribution is -2.48. The summed E-state index contributed by atoms with van der Waals surface area (Å²) in [6, 6.07) is 15.1. The van der Waals surface area contributed by atoms with Crippen molar-refractivity contribution in [1.29, 1.82) is 0 Å². The Balaban J connectivity index is 1.53. The second-order valence-corrected chi connectivity index (χ2v) is 15.2. The molecule has 1 aliphatic rings. The second kappa shape index (κ2) is 12.6. The van der Waals surface area contributed by atoms with Gasteiger partial charge in [-0.05, 0) is 50.2 Å². The van der Waals surface area contributed by atoms with Crippen molar-refractivity contribution in [2.45, 2.75) is 69.7 Å². The van der Waals surface area contributed by atoms with Gasteiger partial charge in [-0.3, -0.25) is 9.48 Å². The van der Waals surface area contributed by atoms with E-state index in [1.807, 2.05) is 55.7 Å². The summed E-state index contributed by atoms with van der Waals surface area (Å²) in [5, 5.41) is 30.9. The van der Waals surface area contributed by atoms with Gasteiger partial charge in [-0.25, -0.2) is 0 Å². The number of nitrogens with one attached hydrogen (secondary N) is 1. The quantitative estimate of drug-likeness (QED) is 0.258. The minimum absolute atomic E-state index is 0.0718. The number of benzene rings is 2. The van der Waals surface area contributed by atoms with Crippen molar-refractivity contribution in [1.82, 2.24) is 15.0 Å². The van der Waals surface area contributed by atoms with Crippen LogP contribution in [0.5, 0.6) is 5.75 Å². The molecule has 2 heterocycles. The molecule has 0 aliphatic carbocycles. The highest BCUT2D eigenvalue weighted by Gasteiger charge is 2.46. The Kier molecular flexibility index (Phi) is 9.42. The molecule has 40 heavy (non-hydrogen) atoms. The van der Waals surface area contributed by atoms with E-state index in [1.165, 1.54) is 6.92 Å². The summed E-state index contributed by atoms with van der Waals surface area (Å²) in [7, 11) is -1.08. The molecule has 1 aromatic heterocycles. The van der Waals surface area contributed by atoms with Gasteiger partial charge in [-0.2, -0.15) is 0 Å². The first-order chi connectivity index (χ1) is 19.0. The lowest BCUT2D eigenvalue weighted by atomic mass is 9.86. The Bertz CT molecular complexity index is 1280. The molecule has 4 rings (SSSR count). The van der Waals surface area contributed by atoms with Crippen LogP contribution in [-0.4, -0.2) is 70.2 Å². The minimum atomic E-state index is -2.72. The molecule has 2 aromatic carbocycles. The number of methoxy groups -OCH3 is 1. The van der Waals surface area contributed by atoms with E-state index in [1.54, 1.807) is 23.9 Å². The maximum absolute atomic E-state index is 12.0. The van der Waals surface area contributed by atoms with E-state index in [-0.39, 0.29) is 36.2 Å². The number of aryl methyl sites for hydroxylation is 1. The maximum atomic E-state index is 12.0. The summed E-state index contributed by atoms with van der Waals surface area (Å²) in [6.07, 6.45) is 0.736. The highest BCUT2D eigenvalue weighted by atomic mass is 28.4. The average Bonchev–Trinajstić information content (AvgIpc) is 3.38. The molecule has 2 unspecified atom stereocenters. The van der Waals surface area contributed by atoms with Gasteiger partial charge in [-0.1, -0.05) is 42.5 Å². The molecule has 1 amide bonds. The molecule has 6 atom stereocenters. The molecule has 0 saturated carbocycles. The highest BCUT2D eigenvalue weighted by Crippen LogP contribution is 2.47. The number of carbonyl (C=O) groups is 1. The fourth-order valence-electron chi connectivity index (χ4n) is 5.53. The zero-order valence-electron chi connectivity index (χ0n) is 23.7. The summed E-state index contributed by atoms with van der Waals surface area (Å²) in [5.41, 5.74) is 2.88. The third kappa shape index (κ3) is 6.61. The Morgan fingerprint density at radius 3 is 2.58 bits per heavy atom. The number of amides is 1. The molecule has 216 valence electrons. The lowest BCUT2D eigenvalue weighted by Gasteiger charge is -2.43. The minimum Gasteiger partial charge on any atom is -0.490 e. The zero-order chi connectivity index (χ0) is 29.0. The normalized spacial score (nSPS) is 21.1. The van der Waals surface area contributed by atoms with Crippen molar-refractivity contribution < 1.29 is 29.3 Å². The summed E-state index contributed by atoms with van der Waals surface area (Å²) in [5.74, 6) is -0.197. The van der Waals surface area contributed by atoms with Gasteiger partial charge >= 0.3 is 0 Å². The Morgan fingerprint density at radius 1 is 1.23 bits per heavy atom. The molecule has 1 aliphatic heterocycles. The number of hydrogen-bond acceptors (Lipinski definition) is 8. The van der Waals surface area contributed by atoms with E-state index >= 15 is 0 Å². The largest absolute Gasteiger partial charge is 0.490 e. The number of nitrogens with zero attached hydrogens (tertiary/aromatic N) is 3. The summed E-state index contributed by atoms with van der Waals surface area (Å²) < 4.78 is 14.2. The Hall–Kier alpha value is -3.09. The summed E-state index contributed by atoms with van der Waals surface area (Å²) in [6.45, 7) is 7.76. The number of carbonyl (C=O) groups excluding carboxylic acids is 1. The van der Waals surface area contributed by atoms with Gasteiger partial charge in [0, 0.05) is 42.6 Å². The van der Waals surface area contributed by atoms with Crippen LogP contribution in [0.25, 0.3) is 0 Å². The van der Waals surface area contributed by atoms with Gasteiger partial charge in [-0.15, -0.1) is 5.10 Å². The van der Waals surface area contributed by atoms with Gasteiger partial charge in [0.15, 0.2) is 8.32 Å². The molecule has 0 bridgehead atoms. The predicted molar refractivity (Wildman–Crippen MR) is 154 cm³/mol. The van der Waals surface area contributed by atoms with E-state index in [0.717, 1.165) is 11.1 Å². The van der Waals surface area contributed by atoms with Crippen molar-refractivity contribution in [3.63, 3.8) is 0 Å². The predicted octanol–water partition coefficient (Wildman–Crippen LogP) is 3.46. The SMILES string of the molecule is CO[C@@H]1c2cc(NC(=O)[C@H](C)O)ccc2O[C@H](C(CCn2cc(C(CO)c3ccccc3)nn2)[Si](C)(C)O)[C@H]1C. The molecule has 0 radical (unpaired) electrons. The van der Waals surface area contributed by atoms with E-state index < -0.39 is 20.3 Å². The molecule has 0 spiro atoms. The van der Waals surface area contributed by atoms with Crippen LogP contribution in [-0.2, 0) is 16.1 Å². The topological polar surface area (TPSA) is 139 Å². The third-order valence-corrected chi connectivity index (χ3v) is 10.2. The number of anilines is 1. The van der Waals surface area contributed by atoms with Crippen LogP contribution in [0.1, 0.15) is 49.1 Å². The molecule has 3 aromatic rings. The van der Waals surface area contributed by atoms with E-state index in [4.69, 9.17) is 9.47 Å².